The normalized spacial score (nSPS) is 19.3. The summed E-state index contributed by atoms with van der Waals surface area (Å²) in [6, 6.07) is 10.1. The summed E-state index contributed by atoms with van der Waals surface area (Å²) in [5, 5.41) is 21.1. The van der Waals surface area contributed by atoms with Crippen molar-refractivity contribution in [3.8, 4) is 0 Å². The summed E-state index contributed by atoms with van der Waals surface area (Å²) in [5.41, 5.74) is 1.60. The van der Waals surface area contributed by atoms with E-state index in [-0.39, 0.29) is 12.1 Å². The molecule has 2 aromatic carbocycles. The van der Waals surface area contributed by atoms with Gasteiger partial charge in [-0.25, -0.2) is 4.39 Å². The monoisotopic (exact) mass is 473 g/mol. The van der Waals surface area contributed by atoms with Gasteiger partial charge < -0.3 is 20.1 Å². The number of aliphatic hydroxyl groups excluding tert-OH is 1. The topological polar surface area (TPSA) is 73.8 Å². The van der Waals surface area contributed by atoms with Crippen LogP contribution in [0.2, 0.25) is 0 Å². The zero-order valence-corrected chi connectivity index (χ0v) is 18.6. The highest BCUT2D eigenvalue weighted by Gasteiger charge is 2.34. The summed E-state index contributed by atoms with van der Waals surface area (Å²) in [7, 11) is 0. The Kier molecular flexibility index (Phi) is 6.28. The van der Waals surface area contributed by atoms with E-state index in [1.807, 2.05) is 18.2 Å². The van der Waals surface area contributed by atoms with Crippen molar-refractivity contribution in [3.63, 3.8) is 0 Å². The van der Waals surface area contributed by atoms with E-state index in [1.165, 1.54) is 12.1 Å². The molecule has 1 unspecified atom stereocenters. The quantitative estimate of drug-likeness (QED) is 0.570. The third-order valence-corrected chi connectivity index (χ3v) is 6.57. The number of fused-ring (bicyclic) bond motifs is 2. The minimum atomic E-state index is -3.65. The van der Waals surface area contributed by atoms with Gasteiger partial charge in [0.1, 0.15) is 12.4 Å². The van der Waals surface area contributed by atoms with E-state index in [2.05, 4.69) is 25.3 Å². The summed E-state index contributed by atoms with van der Waals surface area (Å²) in [6.45, 7) is 3.73. The lowest BCUT2D eigenvalue weighted by molar-refractivity contribution is -0.0583. The zero-order chi connectivity index (χ0) is 23.7. The summed E-state index contributed by atoms with van der Waals surface area (Å²) < 4.78 is 48.1. The van der Waals surface area contributed by atoms with Gasteiger partial charge in [-0.1, -0.05) is 12.1 Å². The van der Waals surface area contributed by atoms with Crippen molar-refractivity contribution in [1.82, 2.24) is 15.1 Å². The Morgan fingerprint density at radius 2 is 2.06 bits per heavy atom. The lowest BCUT2D eigenvalue weighted by Crippen LogP contribution is -2.58. The number of rotatable bonds is 6. The lowest BCUT2D eigenvalue weighted by Gasteiger charge is -2.44. The Morgan fingerprint density at radius 3 is 2.91 bits per heavy atom. The van der Waals surface area contributed by atoms with E-state index >= 15 is 0 Å². The number of halogens is 3. The van der Waals surface area contributed by atoms with Crippen molar-refractivity contribution >= 4 is 22.3 Å². The molecule has 3 aromatic rings. The molecule has 34 heavy (non-hydrogen) atoms. The van der Waals surface area contributed by atoms with Gasteiger partial charge in [0.05, 0.1) is 42.2 Å². The molecule has 0 aliphatic carbocycles. The molecule has 2 saturated heterocycles. The Hall–Kier alpha value is -2.95. The third-order valence-electron chi connectivity index (χ3n) is 6.57. The van der Waals surface area contributed by atoms with Crippen LogP contribution < -0.4 is 10.2 Å². The van der Waals surface area contributed by atoms with Crippen LogP contribution >= 0.6 is 0 Å². The lowest BCUT2D eigenvalue weighted by atomic mass is 10.0. The van der Waals surface area contributed by atoms with Crippen LogP contribution in [0.25, 0.3) is 10.9 Å². The number of nitrogens with one attached hydrogen (secondary N) is 1. The third kappa shape index (κ3) is 4.40. The first kappa shape index (κ1) is 22.8. The molecule has 0 radical (unpaired) electrons. The second-order valence-electron chi connectivity index (χ2n) is 8.67. The number of aliphatic hydroxyl groups is 1. The van der Waals surface area contributed by atoms with Crippen molar-refractivity contribution in [2.24, 2.45) is 0 Å². The van der Waals surface area contributed by atoms with Crippen LogP contribution in [0.4, 0.5) is 24.5 Å². The van der Waals surface area contributed by atoms with Gasteiger partial charge in [0, 0.05) is 49.4 Å². The average Bonchev–Trinajstić information content (AvgIpc) is 2.87. The fourth-order valence-electron chi connectivity index (χ4n) is 4.64. The van der Waals surface area contributed by atoms with Gasteiger partial charge in [0.15, 0.2) is 0 Å². The Morgan fingerprint density at radius 1 is 1.18 bits per heavy atom. The maximum absolute atomic E-state index is 14.7. The molecule has 180 valence electrons. The number of benzene rings is 2. The van der Waals surface area contributed by atoms with Crippen LogP contribution in [0.1, 0.15) is 11.1 Å². The fourth-order valence-corrected chi connectivity index (χ4v) is 4.64. The van der Waals surface area contributed by atoms with Gasteiger partial charge in [-0.15, -0.1) is 0 Å². The molecule has 1 atom stereocenters. The van der Waals surface area contributed by atoms with E-state index in [9.17, 15) is 13.2 Å². The fraction of sp³-hybridized carbons (Fsp3) is 0.417. The molecule has 5 rings (SSSR count). The molecule has 10 heteroatoms. The number of piperazine rings is 1. The predicted molar refractivity (Wildman–Crippen MR) is 123 cm³/mol. The van der Waals surface area contributed by atoms with Crippen molar-refractivity contribution in [2.45, 2.75) is 18.5 Å². The number of anilines is 2. The van der Waals surface area contributed by atoms with E-state index in [0.717, 1.165) is 56.5 Å². The molecule has 2 aliphatic rings. The van der Waals surface area contributed by atoms with Crippen LogP contribution in [0.3, 0.4) is 0 Å². The standard InChI is InChI=1S/C24H26F3N5O2/c25-23-16(2-1-3-20(23)24(26,27)15-33)11-28-22-12-29-30-21-5-4-17(10-19(21)22)32-7-6-31-8-9-34-14-18(31)13-32/h1-5,10,12,18,33H,6-9,11,13-15H2,(H,28,30). The first-order valence-corrected chi connectivity index (χ1v) is 11.3. The molecule has 2 fully saturated rings. The molecule has 2 N–H and O–H groups in total. The van der Waals surface area contributed by atoms with Crippen molar-refractivity contribution in [3.05, 3.63) is 59.5 Å². The van der Waals surface area contributed by atoms with Crippen molar-refractivity contribution < 1.29 is 23.0 Å². The second-order valence-corrected chi connectivity index (χ2v) is 8.67. The summed E-state index contributed by atoms with van der Waals surface area (Å²) in [4.78, 5) is 4.78. The van der Waals surface area contributed by atoms with Gasteiger partial charge in [-0.2, -0.15) is 19.0 Å². The zero-order valence-electron chi connectivity index (χ0n) is 18.6. The van der Waals surface area contributed by atoms with Crippen LogP contribution in [-0.4, -0.2) is 72.2 Å². The molecular weight excluding hydrogens is 447 g/mol. The molecule has 0 amide bonds. The number of alkyl halides is 2. The average molecular weight is 473 g/mol. The Balaban J connectivity index is 1.38. The van der Waals surface area contributed by atoms with Crippen molar-refractivity contribution in [2.75, 3.05) is 56.2 Å². The Labute approximate surface area is 195 Å². The number of hydrogen-bond donors (Lipinski definition) is 2. The van der Waals surface area contributed by atoms with Crippen LogP contribution in [0.5, 0.6) is 0 Å². The highest BCUT2D eigenvalue weighted by Crippen LogP contribution is 2.32. The van der Waals surface area contributed by atoms with Gasteiger partial charge in [0.2, 0.25) is 0 Å². The minimum absolute atomic E-state index is 0.0235. The molecule has 0 saturated carbocycles. The molecule has 7 nitrogen and oxygen atoms in total. The smallest absolute Gasteiger partial charge is 0.298 e. The van der Waals surface area contributed by atoms with Crippen LogP contribution in [0, 0.1) is 5.82 Å². The number of hydrogen-bond acceptors (Lipinski definition) is 7. The van der Waals surface area contributed by atoms with E-state index in [4.69, 9.17) is 9.84 Å². The van der Waals surface area contributed by atoms with Crippen LogP contribution in [0.15, 0.2) is 42.6 Å². The molecule has 0 spiro atoms. The van der Waals surface area contributed by atoms with E-state index < -0.39 is 23.9 Å². The first-order chi connectivity index (χ1) is 16.5. The number of aromatic nitrogens is 2. The van der Waals surface area contributed by atoms with Crippen molar-refractivity contribution in [1.29, 1.82) is 0 Å². The van der Waals surface area contributed by atoms with Gasteiger partial charge in [-0.05, 0) is 24.3 Å². The summed E-state index contributed by atoms with van der Waals surface area (Å²) in [5.74, 6) is -4.68. The molecule has 1 aromatic heterocycles. The SMILES string of the molecule is OCC(F)(F)c1cccc(CNc2cnnc3ccc(N4CCN5CCOCC5C4)cc23)c1F. The molecule has 0 bridgehead atoms. The highest BCUT2D eigenvalue weighted by atomic mass is 19.3. The summed E-state index contributed by atoms with van der Waals surface area (Å²) >= 11 is 0. The molecule has 2 aliphatic heterocycles. The maximum atomic E-state index is 14.7. The number of morpholine rings is 1. The van der Waals surface area contributed by atoms with Crippen LogP contribution in [-0.2, 0) is 17.2 Å². The second kappa shape index (κ2) is 9.36. The molecule has 3 heterocycles. The van der Waals surface area contributed by atoms with Gasteiger partial charge in [0.25, 0.3) is 5.92 Å². The van der Waals surface area contributed by atoms with Gasteiger partial charge >= 0.3 is 0 Å². The Bertz CT molecular complexity index is 1180. The number of ether oxygens (including phenoxy) is 1. The predicted octanol–water partition coefficient (Wildman–Crippen LogP) is 2.99. The maximum Gasteiger partial charge on any atom is 0.298 e. The first-order valence-electron chi connectivity index (χ1n) is 11.3. The van der Waals surface area contributed by atoms with Gasteiger partial charge in [-0.3, -0.25) is 4.90 Å². The minimum Gasteiger partial charge on any atom is -0.390 e. The van der Waals surface area contributed by atoms with E-state index in [1.54, 1.807) is 6.20 Å². The summed E-state index contributed by atoms with van der Waals surface area (Å²) in [6.07, 6.45) is 1.54. The molecular formula is C24H26F3N5O2. The van der Waals surface area contributed by atoms with E-state index in [0.29, 0.717) is 17.2 Å². The number of nitrogens with zero attached hydrogens (tertiary/aromatic N) is 4. The largest absolute Gasteiger partial charge is 0.390 e. The highest BCUT2D eigenvalue weighted by molar-refractivity contribution is 5.92.